The number of pyridine rings is 1. The molecular formula is C11H8N4O4S. The molecule has 0 saturated carbocycles. The lowest BCUT2D eigenvalue weighted by molar-refractivity contribution is -0.0431. The Bertz CT molecular complexity index is 814. The number of hydrogen-bond acceptors (Lipinski definition) is 7. The largest absolute Gasteiger partial charge is 0.447 e. The molecule has 0 spiro atoms. The fourth-order valence-corrected chi connectivity index (χ4v) is 3.35. The van der Waals surface area contributed by atoms with Gasteiger partial charge in [-0.15, -0.1) is 5.10 Å². The van der Waals surface area contributed by atoms with Gasteiger partial charge < -0.3 is 14.2 Å². The van der Waals surface area contributed by atoms with Gasteiger partial charge >= 0.3 is 5.24 Å². The van der Waals surface area contributed by atoms with Crippen LogP contribution in [0.25, 0.3) is 11.2 Å². The van der Waals surface area contributed by atoms with Gasteiger partial charge in [0, 0.05) is 18.3 Å². The molecule has 8 nitrogen and oxygen atoms in total. The average Bonchev–Trinajstić information content (AvgIpc) is 3.02. The lowest BCUT2D eigenvalue weighted by Crippen LogP contribution is -2.36. The number of aromatic nitrogens is 4. The Labute approximate surface area is 116 Å². The third-order valence-corrected chi connectivity index (χ3v) is 4.13. The van der Waals surface area contributed by atoms with Crippen molar-refractivity contribution in [2.75, 3.05) is 0 Å². The summed E-state index contributed by atoms with van der Waals surface area (Å²) in [5.74, 6) is 0. The van der Waals surface area contributed by atoms with Crippen molar-refractivity contribution in [3.8, 4) is 0 Å². The van der Waals surface area contributed by atoms with Gasteiger partial charge in [0.25, 0.3) is 5.56 Å². The number of thiocarbonyl (C=S) groups is 1. The van der Waals surface area contributed by atoms with Crippen molar-refractivity contribution in [1.82, 2.24) is 19.6 Å². The van der Waals surface area contributed by atoms with Crippen molar-refractivity contribution >= 4 is 28.6 Å². The van der Waals surface area contributed by atoms with Gasteiger partial charge in [-0.2, -0.15) is 0 Å². The second-order valence-electron chi connectivity index (χ2n) is 5.00. The quantitative estimate of drug-likeness (QED) is 0.610. The molecule has 3 aliphatic heterocycles. The summed E-state index contributed by atoms with van der Waals surface area (Å²) >= 11 is 4.95. The highest BCUT2D eigenvalue weighted by atomic mass is 32.1. The number of hydrogen-bond donors (Lipinski definition) is 0. The minimum atomic E-state index is -0.568. The van der Waals surface area contributed by atoms with E-state index in [4.69, 9.17) is 26.4 Å². The first-order chi connectivity index (χ1) is 9.72. The van der Waals surface area contributed by atoms with E-state index in [1.165, 1.54) is 10.6 Å². The number of nitrogens with zero attached hydrogens (tertiary/aromatic N) is 4. The van der Waals surface area contributed by atoms with Gasteiger partial charge in [0.05, 0.1) is 6.54 Å². The summed E-state index contributed by atoms with van der Waals surface area (Å²) in [4.78, 5) is 12.2. The van der Waals surface area contributed by atoms with Crippen molar-refractivity contribution in [3.05, 3.63) is 22.5 Å². The lowest BCUT2D eigenvalue weighted by atomic mass is 10.1. The molecule has 0 N–H and O–H groups in total. The molecule has 0 aromatic carbocycles. The van der Waals surface area contributed by atoms with Crippen LogP contribution in [0.5, 0.6) is 0 Å². The topological polar surface area (TPSA) is 80.4 Å². The van der Waals surface area contributed by atoms with Crippen LogP contribution in [0.1, 0.15) is 6.23 Å². The fraction of sp³-hybridized carbons (Fsp3) is 0.455. The third-order valence-electron chi connectivity index (χ3n) is 3.94. The molecule has 9 heteroatoms. The molecule has 102 valence electrons. The fourth-order valence-electron chi connectivity index (χ4n) is 3.13. The first-order valence-corrected chi connectivity index (χ1v) is 6.61. The van der Waals surface area contributed by atoms with E-state index in [9.17, 15) is 4.79 Å². The highest BCUT2D eigenvalue weighted by molar-refractivity contribution is 7.79. The minimum absolute atomic E-state index is 0.108. The number of ether oxygens (including phenoxy) is 3. The Morgan fingerprint density at radius 2 is 2.15 bits per heavy atom. The average molecular weight is 292 g/mol. The molecule has 2 aromatic rings. The van der Waals surface area contributed by atoms with Crippen LogP contribution >= 0.6 is 12.2 Å². The summed E-state index contributed by atoms with van der Waals surface area (Å²) in [6, 6.07) is 3.11. The lowest BCUT2D eigenvalue weighted by Gasteiger charge is -2.18. The van der Waals surface area contributed by atoms with Gasteiger partial charge in [0.1, 0.15) is 11.6 Å². The second kappa shape index (κ2) is 3.36. The molecule has 3 aliphatic rings. The summed E-state index contributed by atoms with van der Waals surface area (Å²) in [5, 5.41) is 8.25. The van der Waals surface area contributed by atoms with Crippen molar-refractivity contribution in [3.63, 3.8) is 0 Å². The van der Waals surface area contributed by atoms with E-state index >= 15 is 0 Å². The molecule has 0 aliphatic carbocycles. The maximum Gasteiger partial charge on any atom is 0.353 e. The number of rotatable bonds is 0. The molecule has 5 heterocycles. The monoisotopic (exact) mass is 292 g/mol. The zero-order valence-electron chi connectivity index (χ0n) is 10.0. The van der Waals surface area contributed by atoms with Gasteiger partial charge in [0.15, 0.2) is 24.1 Å². The predicted octanol–water partition coefficient (Wildman–Crippen LogP) is -0.427. The maximum absolute atomic E-state index is 12.2. The molecule has 2 aromatic heterocycles. The van der Waals surface area contributed by atoms with E-state index in [0.717, 1.165) is 0 Å². The molecule has 5 rings (SSSR count). The Balaban J connectivity index is 1.82. The molecule has 20 heavy (non-hydrogen) atoms. The normalized spacial score (nSPS) is 33.7. The van der Waals surface area contributed by atoms with E-state index < -0.39 is 12.3 Å². The van der Waals surface area contributed by atoms with Crippen LogP contribution in [0.4, 0.5) is 0 Å². The summed E-state index contributed by atoms with van der Waals surface area (Å²) < 4.78 is 20.1. The number of fused-ring (bicyclic) bond motifs is 6. The third kappa shape index (κ3) is 1.15. The maximum atomic E-state index is 12.2. The van der Waals surface area contributed by atoms with Crippen molar-refractivity contribution in [2.45, 2.75) is 31.1 Å². The van der Waals surface area contributed by atoms with Gasteiger partial charge in [-0.05, 0) is 6.07 Å². The predicted molar refractivity (Wildman–Crippen MR) is 68.0 cm³/mol. The first-order valence-electron chi connectivity index (χ1n) is 6.20. The molecule has 2 fully saturated rings. The van der Waals surface area contributed by atoms with Crippen molar-refractivity contribution in [1.29, 1.82) is 0 Å². The van der Waals surface area contributed by atoms with Gasteiger partial charge in [-0.25, -0.2) is 4.68 Å². The highest BCUT2D eigenvalue weighted by Gasteiger charge is 2.55. The summed E-state index contributed by atoms with van der Waals surface area (Å²) in [6.07, 6.45) is -1.55. The Hall–Kier alpha value is -2.00. The molecule has 0 unspecified atom stereocenters. The molecule has 2 bridgehead atoms. The first kappa shape index (κ1) is 10.7. The Kier molecular flexibility index (Phi) is 1.80. The van der Waals surface area contributed by atoms with Crippen LogP contribution < -0.4 is 5.56 Å². The smallest absolute Gasteiger partial charge is 0.353 e. The highest BCUT2D eigenvalue weighted by Crippen LogP contribution is 2.40. The Morgan fingerprint density at radius 1 is 1.30 bits per heavy atom. The molecule has 4 atom stereocenters. The van der Waals surface area contributed by atoms with Crippen LogP contribution in [0.15, 0.2) is 16.9 Å². The molecular weight excluding hydrogens is 284 g/mol. The van der Waals surface area contributed by atoms with Gasteiger partial charge in [0.2, 0.25) is 0 Å². The SMILES string of the molecule is O=c1ccc2nnn3c2n1[C@@H]1O[C@H](C3)[C@H]2OC(=S)O[C@H]21. The molecule has 0 radical (unpaired) electrons. The zero-order chi connectivity index (χ0) is 13.4. The van der Waals surface area contributed by atoms with Gasteiger partial charge in [-0.3, -0.25) is 9.36 Å². The van der Waals surface area contributed by atoms with Crippen LogP contribution in [0, 0.1) is 0 Å². The van der Waals surface area contributed by atoms with E-state index in [0.29, 0.717) is 17.7 Å². The van der Waals surface area contributed by atoms with Crippen molar-refractivity contribution in [2.24, 2.45) is 0 Å². The van der Waals surface area contributed by atoms with Crippen molar-refractivity contribution < 1.29 is 14.2 Å². The van der Waals surface area contributed by atoms with Crippen LogP contribution in [-0.2, 0) is 20.8 Å². The second-order valence-corrected chi connectivity index (χ2v) is 5.34. The van der Waals surface area contributed by atoms with Crippen LogP contribution in [0.3, 0.4) is 0 Å². The van der Waals surface area contributed by atoms with Crippen LogP contribution in [0.2, 0.25) is 0 Å². The Morgan fingerprint density at radius 3 is 3.05 bits per heavy atom. The van der Waals surface area contributed by atoms with E-state index in [1.807, 2.05) is 0 Å². The standard InChI is InChI=1S/C11H8N4O4S/c16-6-2-1-4-9-14(13-12-4)3-5-7-8(19-11(20)18-7)10(17-5)15(6)9/h1-2,5,7-8,10H,3H2/t5-,7-,8-,10-/m1/s1. The summed E-state index contributed by atoms with van der Waals surface area (Å²) in [6.45, 7) is 0.448. The minimum Gasteiger partial charge on any atom is -0.447 e. The van der Waals surface area contributed by atoms with E-state index in [2.05, 4.69) is 10.3 Å². The molecule has 0 amide bonds. The van der Waals surface area contributed by atoms with E-state index in [-0.39, 0.29) is 23.0 Å². The van der Waals surface area contributed by atoms with Crippen LogP contribution in [-0.4, -0.2) is 43.1 Å². The summed E-state index contributed by atoms with van der Waals surface area (Å²) in [5.41, 5.74) is 1.11. The molecule has 2 saturated heterocycles. The van der Waals surface area contributed by atoms with E-state index in [1.54, 1.807) is 10.7 Å². The van der Waals surface area contributed by atoms with Gasteiger partial charge in [-0.1, -0.05) is 5.21 Å². The summed E-state index contributed by atoms with van der Waals surface area (Å²) in [7, 11) is 0. The zero-order valence-corrected chi connectivity index (χ0v) is 10.8.